The number of fused-ring (bicyclic) bond motifs is 2. The molecule has 0 bridgehead atoms. The minimum Gasteiger partial charge on any atom is -0.481 e. The van der Waals surface area contributed by atoms with Crippen LogP contribution in [0.4, 0.5) is 0 Å². The molecule has 2 aliphatic carbocycles. The normalized spacial score (nSPS) is 24.0. The smallest absolute Gasteiger partial charge is 0.258 e. The van der Waals surface area contributed by atoms with E-state index in [0.717, 1.165) is 6.42 Å². The summed E-state index contributed by atoms with van der Waals surface area (Å²) in [5, 5.41) is 7.38. The number of methoxy groups -OCH3 is 1. The van der Waals surface area contributed by atoms with Crippen LogP contribution in [-0.4, -0.2) is 29.3 Å². The van der Waals surface area contributed by atoms with Gasteiger partial charge in [0.2, 0.25) is 5.88 Å². The number of ether oxygens (including phenoxy) is 1. The molecule has 2 aromatic rings. The van der Waals surface area contributed by atoms with Crippen LogP contribution in [0.5, 0.6) is 5.88 Å². The molecule has 24 heavy (non-hydrogen) atoms. The number of benzene rings is 1. The number of hydrogen-bond acceptors (Lipinski definition) is 3. The second-order valence-corrected chi connectivity index (χ2v) is 7.02. The highest BCUT2D eigenvalue weighted by Crippen LogP contribution is 2.61. The van der Waals surface area contributed by atoms with Gasteiger partial charge in [-0.15, -0.1) is 0 Å². The van der Waals surface area contributed by atoms with E-state index in [-0.39, 0.29) is 5.91 Å². The lowest BCUT2D eigenvalue weighted by Gasteiger charge is -2.12. The lowest BCUT2D eigenvalue weighted by molar-refractivity contribution is 0.0947. The first kappa shape index (κ1) is 15.2. The maximum Gasteiger partial charge on any atom is 0.258 e. The third kappa shape index (κ3) is 2.14. The molecular formula is C19H23N3O2. The number of nitrogens with zero attached hydrogens (tertiary/aromatic N) is 2. The third-order valence-electron chi connectivity index (χ3n) is 5.73. The van der Waals surface area contributed by atoms with E-state index in [4.69, 9.17) is 4.74 Å². The van der Waals surface area contributed by atoms with E-state index in [1.54, 1.807) is 18.8 Å². The van der Waals surface area contributed by atoms with Crippen LogP contribution >= 0.6 is 0 Å². The van der Waals surface area contributed by atoms with Gasteiger partial charge in [-0.1, -0.05) is 24.3 Å². The molecule has 0 radical (unpaired) electrons. The SMILES string of the molecule is COc1c(C(=O)NC[C@@H]2C[C@@]23CCc2ccccc23)c(C)nn1C. The molecule has 5 heteroatoms. The van der Waals surface area contributed by atoms with Gasteiger partial charge in [0.25, 0.3) is 5.91 Å². The number of carbonyl (C=O) groups is 1. The topological polar surface area (TPSA) is 56.1 Å². The zero-order valence-corrected chi connectivity index (χ0v) is 14.4. The number of rotatable bonds is 4. The second-order valence-electron chi connectivity index (χ2n) is 7.02. The van der Waals surface area contributed by atoms with E-state index in [1.807, 2.05) is 6.92 Å². The van der Waals surface area contributed by atoms with Gasteiger partial charge in [-0.05, 0) is 43.2 Å². The summed E-state index contributed by atoms with van der Waals surface area (Å²) in [6.45, 7) is 2.55. The van der Waals surface area contributed by atoms with E-state index in [2.05, 4.69) is 34.7 Å². The maximum absolute atomic E-state index is 12.6. The molecule has 1 spiro atoms. The maximum atomic E-state index is 12.6. The third-order valence-corrected chi connectivity index (χ3v) is 5.73. The highest BCUT2D eigenvalue weighted by Gasteiger charge is 2.57. The Kier molecular flexibility index (Phi) is 3.41. The van der Waals surface area contributed by atoms with Gasteiger partial charge < -0.3 is 10.1 Å². The van der Waals surface area contributed by atoms with E-state index in [9.17, 15) is 4.79 Å². The van der Waals surface area contributed by atoms with Gasteiger partial charge in [-0.3, -0.25) is 4.79 Å². The monoisotopic (exact) mass is 325 g/mol. The minimum atomic E-state index is -0.0919. The van der Waals surface area contributed by atoms with E-state index in [0.29, 0.717) is 35.0 Å². The molecule has 1 fully saturated rings. The van der Waals surface area contributed by atoms with Gasteiger partial charge in [0.1, 0.15) is 5.56 Å². The first-order valence-electron chi connectivity index (χ1n) is 8.51. The van der Waals surface area contributed by atoms with Crippen LogP contribution in [0.2, 0.25) is 0 Å². The fourth-order valence-corrected chi connectivity index (χ4v) is 4.44. The molecular weight excluding hydrogens is 302 g/mol. The average Bonchev–Trinajstić information content (AvgIpc) is 3.04. The largest absolute Gasteiger partial charge is 0.481 e. The standard InChI is InChI=1S/C19H23N3O2/c1-12-16(18(24-3)22(2)21-12)17(23)20-11-14-10-19(14)9-8-13-6-4-5-7-15(13)19/h4-7,14H,8-11H2,1-3H3,(H,20,23)/t14-,19-/m0/s1. The summed E-state index contributed by atoms with van der Waals surface area (Å²) in [5.41, 5.74) is 4.53. The molecule has 1 aromatic heterocycles. The van der Waals surface area contributed by atoms with Gasteiger partial charge in [0.15, 0.2) is 0 Å². The summed E-state index contributed by atoms with van der Waals surface area (Å²) < 4.78 is 6.93. The number of nitrogens with one attached hydrogen (secondary N) is 1. The van der Waals surface area contributed by atoms with Crippen molar-refractivity contribution in [2.45, 2.75) is 31.6 Å². The van der Waals surface area contributed by atoms with E-state index in [1.165, 1.54) is 24.0 Å². The molecule has 126 valence electrons. The van der Waals surface area contributed by atoms with Crippen molar-refractivity contribution in [3.8, 4) is 5.88 Å². The van der Waals surface area contributed by atoms with E-state index >= 15 is 0 Å². The highest BCUT2D eigenvalue weighted by molar-refractivity contribution is 5.97. The van der Waals surface area contributed by atoms with Crippen molar-refractivity contribution in [3.63, 3.8) is 0 Å². The van der Waals surface area contributed by atoms with Crippen molar-refractivity contribution in [1.29, 1.82) is 0 Å². The zero-order valence-electron chi connectivity index (χ0n) is 14.4. The van der Waals surface area contributed by atoms with Gasteiger partial charge in [-0.25, -0.2) is 4.68 Å². The van der Waals surface area contributed by atoms with Crippen molar-refractivity contribution in [2.24, 2.45) is 13.0 Å². The Labute approximate surface area is 142 Å². The molecule has 0 unspecified atom stereocenters. The molecule has 1 aromatic carbocycles. The number of hydrogen-bond donors (Lipinski definition) is 1. The predicted molar refractivity (Wildman–Crippen MR) is 91.4 cm³/mol. The number of amides is 1. The lowest BCUT2D eigenvalue weighted by Crippen LogP contribution is -2.28. The first-order valence-corrected chi connectivity index (χ1v) is 8.51. The summed E-state index contributed by atoms with van der Waals surface area (Å²) in [5.74, 6) is 0.959. The van der Waals surface area contributed by atoms with Crippen LogP contribution in [0.15, 0.2) is 24.3 Å². The van der Waals surface area contributed by atoms with Crippen molar-refractivity contribution >= 4 is 5.91 Å². The molecule has 0 aliphatic heterocycles. The predicted octanol–water partition coefficient (Wildman–Crippen LogP) is 2.37. The van der Waals surface area contributed by atoms with Crippen molar-refractivity contribution in [3.05, 3.63) is 46.6 Å². The van der Waals surface area contributed by atoms with Crippen LogP contribution in [0.1, 0.15) is 40.0 Å². The van der Waals surface area contributed by atoms with Crippen LogP contribution < -0.4 is 10.1 Å². The number of aromatic nitrogens is 2. The molecule has 0 saturated heterocycles. The van der Waals surface area contributed by atoms with Crippen LogP contribution in [0.3, 0.4) is 0 Å². The molecule has 2 aliphatic rings. The zero-order chi connectivity index (χ0) is 16.9. The summed E-state index contributed by atoms with van der Waals surface area (Å²) in [7, 11) is 3.35. The molecule has 4 rings (SSSR count). The quantitative estimate of drug-likeness (QED) is 0.939. The molecule has 2 atom stereocenters. The molecule has 1 saturated carbocycles. The minimum absolute atomic E-state index is 0.0919. The van der Waals surface area contributed by atoms with Gasteiger partial charge in [-0.2, -0.15) is 5.10 Å². The Morgan fingerprint density at radius 1 is 1.46 bits per heavy atom. The summed E-state index contributed by atoms with van der Waals surface area (Å²) in [6.07, 6.45) is 3.55. The summed E-state index contributed by atoms with van der Waals surface area (Å²) in [4.78, 5) is 12.6. The molecule has 1 amide bonds. The van der Waals surface area contributed by atoms with Crippen molar-refractivity contribution in [1.82, 2.24) is 15.1 Å². The highest BCUT2D eigenvalue weighted by atomic mass is 16.5. The van der Waals surface area contributed by atoms with Crippen molar-refractivity contribution < 1.29 is 9.53 Å². The molecule has 1 heterocycles. The van der Waals surface area contributed by atoms with Crippen LogP contribution in [-0.2, 0) is 18.9 Å². The van der Waals surface area contributed by atoms with Crippen LogP contribution in [0, 0.1) is 12.8 Å². The Morgan fingerprint density at radius 2 is 2.25 bits per heavy atom. The Morgan fingerprint density at radius 3 is 3.04 bits per heavy atom. The fraction of sp³-hybridized carbons (Fsp3) is 0.474. The Balaban J connectivity index is 1.46. The number of aryl methyl sites for hydroxylation is 3. The summed E-state index contributed by atoms with van der Waals surface area (Å²) >= 11 is 0. The molecule has 1 N–H and O–H groups in total. The summed E-state index contributed by atoms with van der Waals surface area (Å²) in [6, 6.07) is 8.75. The molecule has 5 nitrogen and oxygen atoms in total. The fourth-order valence-electron chi connectivity index (χ4n) is 4.44. The first-order chi connectivity index (χ1) is 11.6. The van der Waals surface area contributed by atoms with Crippen molar-refractivity contribution in [2.75, 3.05) is 13.7 Å². The Hall–Kier alpha value is -2.30. The lowest BCUT2D eigenvalue weighted by atomic mass is 9.95. The average molecular weight is 325 g/mol. The van der Waals surface area contributed by atoms with Gasteiger partial charge >= 0.3 is 0 Å². The Bertz CT molecular complexity index is 811. The van der Waals surface area contributed by atoms with Gasteiger partial charge in [0, 0.05) is 19.0 Å². The van der Waals surface area contributed by atoms with E-state index < -0.39 is 0 Å². The van der Waals surface area contributed by atoms with Gasteiger partial charge in [0.05, 0.1) is 12.8 Å². The number of carbonyl (C=O) groups excluding carboxylic acids is 1. The van der Waals surface area contributed by atoms with Crippen LogP contribution in [0.25, 0.3) is 0 Å². The second kappa shape index (κ2) is 5.36.